The van der Waals surface area contributed by atoms with Gasteiger partial charge < -0.3 is 5.32 Å². The van der Waals surface area contributed by atoms with Gasteiger partial charge in [-0.2, -0.15) is 17.0 Å². The summed E-state index contributed by atoms with van der Waals surface area (Å²) in [6.07, 6.45) is 2.42. The van der Waals surface area contributed by atoms with E-state index < -0.39 is 5.82 Å². The molecular weight excluding hydrogens is 213 g/mol. The molecule has 15 heavy (non-hydrogen) atoms. The van der Waals surface area contributed by atoms with Gasteiger partial charge in [-0.05, 0) is 18.2 Å². The van der Waals surface area contributed by atoms with E-state index in [1.165, 1.54) is 12.3 Å². The first-order chi connectivity index (χ1) is 7.29. The van der Waals surface area contributed by atoms with Crippen LogP contribution in [-0.4, -0.2) is 22.5 Å². The third-order valence-corrected chi connectivity index (χ3v) is 3.40. The van der Waals surface area contributed by atoms with Gasteiger partial charge in [-0.1, -0.05) is 0 Å². The summed E-state index contributed by atoms with van der Waals surface area (Å²) < 4.78 is 13.4. The van der Waals surface area contributed by atoms with E-state index in [0.717, 1.165) is 17.9 Å². The zero-order chi connectivity index (χ0) is 10.7. The molecule has 0 aliphatic carbocycles. The molecule has 1 fully saturated rings. The molecule has 1 saturated heterocycles. The second-order valence-electron chi connectivity index (χ2n) is 3.37. The predicted molar refractivity (Wildman–Crippen MR) is 58.3 cm³/mol. The van der Waals surface area contributed by atoms with Gasteiger partial charge in [0.2, 0.25) is 0 Å². The third-order valence-electron chi connectivity index (χ3n) is 2.24. The van der Waals surface area contributed by atoms with Crippen LogP contribution in [0.4, 0.5) is 10.2 Å². The average molecular weight is 223 g/mol. The van der Waals surface area contributed by atoms with E-state index in [9.17, 15) is 4.39 Å². The van der Waals surface area contributed by atoms with Crippen molar-refractivity contribution in [1.82, 2.24) is 4.98 Å². The van der Waals surface area contributed by atoms with E-state index in [1.54, 1.807) is 0 Å². The quantitative estimate of drug-likeness (QED) is 0.833. The van der Waals surface area contributed by atoms with Crippen molar-refractivity contribution in [3.05, 3.63) is 23.6 Å². The Morgan fingerprint density at radius 3 is 3.13 bits per heavy atom. The van der Waals surface area contributed by atoms with Gasteiger partial charge in [0.25, 0.3) is 0 Å². The lowest BCUT2D eigenvalue weighted by Gasteiger charge is -2.12. The Morgan fingerprint density at radius 1 is 1.67 bits per heavy atom. The number of thioether (sulfide) groups is 1. The van der Waals surface area contributed by atoms with Crippen LogP contribution in [0.25, 0.3) is 0 Å². The van der Waals surface area contributed by atoms with Gasteiger partial charge in [-0.25, -0.2) is 9.37 Å². The van der Waals surface area contributed by atoms with Crippen molar-refractivity contribution in [1.29, 1.82) is 5.26 Å². The van der Waals surface area contributed by atoms with Crippen LogP contribution in [0.2, 0.25) is 0 Å². The molecule has 0 amide bonds. The molecular formula is C10H10FN3S. The standard InChI is InChI=1S/C10H10FN3S/c11-9-3-7(4-12)5-13-10(9)14-8-1-2-15-6-8/h3,5,8H,1-2,6H2,(H,13,14). The molecule has 0 saturated carbocycles. The highest BCUT2D eigenvalue weighted by atomic mass is 32.2. The van der Waals surface area contributed by atoms with E-state index in [-0.39, 0.29) is 11.4 Å². The average Bonchev–Trinajstić information content (AvgIpc) is 2.74. The largest absolute Gasteiger partial charge is 0.364 e. The zero-order valence-corrected chi connectivity index (χ0v) is 8.85. The van der Waals surface area contributed by atoms with Gasteiger partial charge >= 0.3 is 0 Å². The van der Waals surface area contributed by atoms with Crippen molar-refractivity contribution in [3.8, 4) is 6.07 Å². The first-order valence-corrected chi connectivity index (χ1v) is 5.85. The molecule has 1 N–H and O–H groups in total. The molecule has 5 heteroatoms. The van der Waals surface area contributed by atoms with Gasteiger partial charge in [0.1, 0.15) is 6.07 Å². The number of pyridine rings is 1. The molecule has 1 aromatic heterocycles. The summed E-state index contributed by atoms with van der Waals surface area (Å²) in [7, 11) is 0. The number of nitrogens with one attached hydrogen (secondary N) is 1. The molecule has 1 unspecified atom stereocenters. The molecule has 2 heterocycles. The van der Waals surface area contributed by atoms with E-state index >= 15 is 0 Å². The van der Waals surface area contributed by atoms with Crippen molar-refractivity contribution in [2.45, 2.75) is 12.5 Å². The molecule has 3 nitrogen and oxygen atoms in total. The second kappa shape index (κ2) is 4.49. The highest BCUT2D eigenvalue weighted by molar-refractivity contribution is 7.99. The van der Waals surface area contributed by atoms with Gasteiger partial charge in [0, 0.05) is 18.0 Å². The molecule has 1 atom stereocenters. The number of aromatic nitrogens is 1. The molecule has 0 aromatic carbocycles. The maximum Gasteiger partial charge on any atom is 0.166 e. The Bertz CT molecular complexity index is 396. The summed E-state index contributed by atoms with van der Waals surface area (Å²) >= 11 is 1.85. The predicted octanol–water partition coefficient (Wildman–Crippen LogP) is 2.01. The van der Waals surface area contributed by atoms with Crippen LogP contribution < -0.4 is 5.32 Å². The smallest absolute Gasteiger partial charge is 0.166 e. The van der Waals surface area contributed by atoms with Crippen molar-refractivity contribution < 1.29 is 4.39 Å². The number of hydrogen-bond donors (Lipinski definition) is 1. The number of anilines is 1. The lowest BCUT2D eigenvalue weighted by molar-refractivity contribution is 0.619. The minimum atomic E-state index is -0.453. The summed E-state index contributed by atoms with van der Waals surface area (Å²) in [5, 5.41) is 11.6. The summed E-state index contributed by atoms with van der Waals surface area (Å²) in [6.45, 7) is 0. The topological polar surface area (TPSA) is 48.7 Å². The maximum absolute atomic E-state index is 13.4. The minimum Gasteiger partial charge on any atom is -0.364 e. The maximum atomic E-state index is 13.4. The Balaban J connectivity index is 2.11. The second-order valence-corrected chi connectivity index (χ2v) is 4.52. The molecule has 0 spiro atoms. The van der Waals surface area contributed by atoms with E-state index in [4.69, 9.17) is 5.26 Å². The lowest BCUT2D eigenvalue weighted by Crippen LogP contribution is -2.19. The van der Waals surface area contributed by atoms with Gasteiger partial charge in [-0.15, -0.1) is 0 Å². The van der Waals surface area contributed by atoms with E-state index in [0.29, 0.717) is 6.04 Å². The van der Waals surface area contributed by atoms with Crippen LogP contribution in [0.3, 0.4) is 0 Å². The lowest BCUT2D eigenvalue weighted by atomic mass is 10.2. The summed E-state index contributed by atoms with van der Waals surface area (Å²) in [6, 6.07) is 3.36. The first-order valence-electron chi connectivity index (χ1n) is 4.69. The first kappa shape index (κ1) is 10.2. The van der Waals surface area contributed by atoms with Crippen LogP contribution in [0.5, 0.6) is 0 Å². The highest BCUT2D eigenvalue weighted by Crippen LogP contribution is 2.21. The van der Waals surface area contributed by atoms with Crippen molar-refractivity contribution in [3.63, 3.8) is 0 Å². The zero-order valence-electron chi connectivity index (χ0n) is 8.03. The van der Waals surface area contributed by atoms with Crippen LogP contribution in [0.15, 0.2) is 12.3 Å². The monoisotopic (exact) mass is 223 g/mol. The molecule has 78 valence electrons. The molecule has 2 rings (SSSR count). The Morgan fingerprint density at radius 2 is 2.53 bits per heavy atom. The number of rotatable bonds is 2. The summed E-state index contributed by atoms with van der Waals surface area (Å²) in [5.41, 5.74) is 0.249. The van der Waals surface area contributed by atoms with E-state index in [1.807, 2.05) is 17.8 Å². The van der Waals surface area contributed by atoms with Crippen LogP contribution in [-0.2, 0) is 0 Å². The van der Waals surface area contributed by atoms with Crippen molar-refractivity contribution in [2.75, 3.05) is 16.8 Å². The fourth-order valence-corrected chi connectivity index (χ4v) is 2.60. The van der Waals surface area contributed by atoms with Crippen LogP contribution in [0.1, 0.15) is 12.0 Å². The van der Waals surface area contributed by atoms with Crippen LogP contribution in [0, 0.1) is 17.1 Å². The molecule has 0 radical (unpaired) electrons. The van der Waals surface area contributed by atoms with E-state index in [2.05, 4.69) is 10.3 Å². The number of nitriles is 1. The molecule has 1 aromatic rings. The molecule has 0 bridgehead atoms. The normalized spacial score (nSPS) is 19.9. The Labute approximate surface area is 91.7 Å². The Kier molecular flexibility index (Phi) is 3.07. The van der Waals surface area contributed by atoms with Gasteiger partial charge in [0.15, 0.2) is 11.6 Å². The molecule has 1 aliphatic heterocycles. The highest BCUT2D eigenvalue weighted by Gasteiger charge is 2.17. The number of halogens is 1. The fourth-order valence-electron chi connectivity index (χ4n) is 1.45. The third kappa shape index (κ3) is 2.39. The number of hydrogen-bond acceptors (Lipinski definition) is 4. The van der Waals surface area contributed by atoms with Gasteiger partial charge in [0.05, 0.1) is 5.56 Å². The van der Waals surface area contributed by atoms with Crippen molar-refractivity contribution >= 4 is 17.6 Å². The minimum absolute atomic E-state index is 0.249. The van der Waals surface area contributed by atoms with Crippen LogP contribution >= 0.6 is 11.8 Å². The summed E-state index contributed by atoms with van der Waals surface area (Å²) in [5.74, 6) is 1.89. The van der Waals surface area contributed by atoms with Gasteiger partial charge in [-0.3, -0.25) is 0 Å². The molecule has 1 aliphatic rings. The number of nitrogens with zero attached hydrogens (tertiary/aromatic N) is 2. The SMILES string of the molecule is N#Cc1cnc(NC2CCSC2)c(F)c1. The van der Waals surface area contributed by atoms with Crippen molar-refractivity contribution in [2.24, 2.45) is 0 Å². The fraction of sp³-hybridized carbons (Fsp3) is 0.400. The Hall–Kier alpha value is -1.28. The summed E-state index contributed by atoms with van der Waals surface area (Å²) in [4.78, 5) is 3.89.